The van der Waals surface area contributed by atoms with Crippen LogP contribution in [0.1, 0.15) is 46.3 Å². The summed E-state index contributed by atoms with van der Waals surface area (Å²) in [5.74, 6) is 1.08. The number of aromatic nitrogens is 2. The molecule has 9 nitrogen and oxygen atoms in total. The van der Waals surface area contributed by atoms with Crippen LogP contribution in [-0.4, -0.2) is 69.5 Å². The Morgan fingerprint density at radius 2 is 1.62 bits per heavy atom. The summed E-state index contributed by atoms with van der Waals surface area (Å²) in [5, 5.41) is 0. The monoisotopic (exact) mass is 525 g/mol. The number of nitrogens with zero attached hydrogens (tertiary/aromatic N) is 5. The number of rotatable bonds is 7. The number of fused-ring (bicyclic) bond motifs is 1. The van der Waals surface area contributed by atoms with E-state index >= 15 is 0 Å². The summed E-state index contributed by atoms with van der Waals surface area (Å²) in [6.07, 6.45) is 4.22. The summed E-state index contributed by atoms with van der Waals surface area (Å²) in [6, 6.07) is 15.2. The fourth-order valence-corrected chi connectivity index (χ4v) is 5.62. The number of piperazine rings is 1. The van der Waals surface area contributed by atoms with Crippen LogP contribution in [0.2, 0.25) is 0 Å². The molecule has 9 heteroatoms. The number of amides is 1. The summed E-state index contributed by atoms with van der Waals surface area (Å²) in [4.78, 5) is 52.1. The van der Waals surface area contributed by atoms with Gasteiger partial charge in [0.25, 0.3) is 5.91 Å². The van der Waals surface area contributed by atoms with Crippen LogP contribution in [-0.2, 0) is 29.3 Å². The zero-order valence-corrected chi connectivity index (χ0v) is 21.8. The van der Waals surface area contributed by atoms with Gasteiger partial charge in [0.2, 0.25) is 5.95 Å². The van der Waals surface area contributed by atoms with Gasteiger partial charge in [0.05, 0.1) is 19.0 Å². The standard InChI is InChI=1S/C30H31N5O4/c36-23-9-10-26(27(37)17-23)35-19-25-24(29(35)38)3-1-4-28(25)39-20-22-7-5-21(6-8-22)18-33-13-15-34(16-14-33)30-31-11-2-12-32-30/h1-8,11-12,26H,9-10,13-20H2. The van der Waals surface area contributed by atoms with Crippen LogP contribution in [0.5, 0.6) is 5.75 Å². The molecule has 0 spiro atoms. The molecule has 200 valence electrons. The van der Waals surface area contributed by atoms with E-state index in [1.54, 1.807) is 23.4 Å². The Morgan fingerprint density at radius 3 is 2.36 bits per heavy atom. The van der Waals surface area contributed by atoms with Gasteiger partial charge >= 0.3 is 0 Å². The first-order chi connectivity index (χ1) is 19.0. The van der Waals surface area contributed by atoms with Crippen LogP contribution in [0.4, 0.5) is 5.95 Å². The SMILES string of the molecule is O=C1CCC(N2Cc3c(OCc4ccc(CN5CCN(c6ncccn6)CC5)cc4)cccc3C2=O)C(=O)C1. The number of hydrogen-bond acceptors (Lipinski definition) is 8. The summed E-state index contributed by atoms with van der Waals surface area (Å²) in [7, 11) is 0. The zero-order chi connectivity index (χ0) is 26.8. The molecule has 3 aliphatic rings. The second-order valence-corrected chi connectivity index (χ2v) is 10.4. The summed E-state index contributed by atoms with van der Waals surface area (Å²) < 4.78 is 6.16. The van der Waals surface area contributed by atoms with Gasteiger partial charge in [-0.1, -0.05) is 30.3 Å². The quantitative estimate of drug-likeness (QED) is 0.435. The van der Waals surface area contributed by atoms with Crippen molar-refractivity contribution in [1.82, 2.24) is 19.8 Å². The van der Waals surface area contributed by atoms with Gasteiger partial charge in [0.1, 0.15) is 18.1 Å². The topological polar surface area (TPSA) is 95.9 Å². The van der Waals surface area contributed by atoms with Crippen LogP contribution in [0, 0.1) is 0 Å². The van der Waals surface area contributed by atoms with E-state index in [0.717, 1.165) is 49.8 Å². The highest BCUT2D eigenvalue weighted by molar-refractivity contribution is 6.07. The maximum atomic E-state index is 13.1. The van der Waals surface area contributed by atoms with E-state index in [4.69, 9.17) is 4.74 Å². The minimum atomic E-state index is -0.530. The molecule has 1 aliphatic carbocycles. The molecular formula is C30H31N5O4. The number of hydrogen-bond donors (Lipinski definition) is 0. The van der Waals surface area contributed by atoms with E-state index in [9.17, 15) is 14.4 Å². The van der Waals surface area contributed by atoms with Crippen molar-refractivity contribution in [3.63, 3.8) is 0 Å². The van der Waals surface area contributed by atoms with Crippen molar-refractivity contribution in [2.45, 2.75) is 45.0 Å². The predicted octanol–water partition coefficient (Wildman–Crippen LogP) is 3.02. The van der Waals surface area contributed by atoms with E-state index in [1.165, 1.54) is 5.56 Å². The minimum Gasteiger partial charge on any atom is -0.489 e. The van der Waals surface area contributed by atoms with Crippen molar-refractivity contribution in [1.29, 1.82) is 0 Å². The molecule has 1 atom stereocenters. The van der Waals surface area contributed by atoms with Crippen molar-refractivity contribution in [3.05, 3.63) is 83.2 Å². The Balaban J connectivity index is 1.03. The van der Waals surface area contributed by atoms with Crippen molar-refractivity contribution in [2.24, 2.45) is 0 Å². The van der Waals surface area contributed by atoms with Gasteiger partial charge in [0.15, 0.2) is 5.78 Å². The maximum absolute atomic E-state index is 13.1. The van der Waals surface area contributed by atoms with Crippen LogP contribution in [0.15, 0.2) is 60.9 Å². The van der Waals surface area contributed by atoms with E-state index < -0.39 is 6.04 Å². The molecule has 1 amide bonds. The molecule has 0 N–H and O–H groups in total. The van der Waals surface area contributed by atoms with Crippen molar-refractivity contribution in [2.75, 3.05) is 31.1 Å². The number of Topliss-reactive ketones (excluding diaryl/α,β-unsaturated/α-hetero) is 2. The molecule has 2 aromatic carbocycles. The molecule has 1 unspecified atom stereocenters. The number of benzene rings is 2. The lowest BCUT2D eigenvalue weighted by Gasteiger charge is -2.34. The predicted molar refractivity (Wildman–Crippen MR) is 144 cm³/mol. The van der Waals surface area contributed by atoms with Gasteiger partial charge < -0.3 is 14.5 Å². The average Bonchev–Trinajstić information content (AvgIpc) is 3.30. The molecule has 39 heavy (non-hydrogen) atoms. The fraction of sp³-hybridized carbons (Fsp3) is 0.367. The van der Waals surface area contributed by atoms with Crippen molar-refractivity contribution in [3.8, 4) is 5.75 Å². The van der Waals surface area contributed by atoms with Crippen LogP contribution >= 0.6 is 0 Å². The Kier molecular flexibility index (Phi) is 7.06. The molecule has 1 aromatic heterocycles. The number of ether oxygens (including phenoxy) is 1. The smallest absolute Gasteiger partial charge is 0.255 e. The third-order valence-corrected chi connectivity index (χ3v) is 7.80. The zero-order valence-electron chi connectivity index (χ0n) is 21.8. The first-order valence-electron chi connectivity index (χ1n) is 13.5. The normalized spacial score (nSPS) is 19.9. The Hall–Kier alpha value is -4.11. The van der Waals surface area contributed by atoms with Gasteiger partial charge in [0, 0.05) is 62.7 Å². The summed E-state index contributed by atoms with van der Waals surface area (Å²) in [5.41, 5.74) is 3.68. The third-order valence-electron chi connectivity index (χ3n) is 7.80. The summed E-state index contributed by atoms with van der Waals surface area (Å²) in [6.45, 7) is 5.34. The van der Waals surface area contributed by atoms with Gasteiger partial charge in [-0.25, -0.2) is 9.97 Å². The average molecular weight is 526 g/mol. The number of carbonyl (C=O) groups excluding carboxylic acids is 3. The second-order valence-electron chi connectivity index (χ2n) is 10.4. The lowest BCUT2D eigenvalue weighted by Crippen LogP contribution is -2.46. The fourth-order valence-electron chi connectivity index (χ4n) is 5.62. The number of ketones is 2. The molecule has 1 saturated heterocycles. The molecule has 6 rings (SSSR count). The highest BCUT2D eigenvalue weighted by Crippen LogP contribution is 2.34. The number of anilines is 1. The molecule has 3 heterocycles. The first-order valence-corrected chi connectivity index (χ1v) is 13.5. The van der Waals surface area contributed by atoms with Gasteiger partial charge in [-0.2, -0.15) is 0 Å². The van der Waals surface area contributed by atoms with Crippen molar-refractivity contribution < 1.29 is 19.1 Å². The van der Waals surface area contributed by atoms with Gasteiger partial charge in [-0.05, 0) is 35.7 Å². The van der Waals surface area contributed by atoms with Crippen LogP contribution < -0.4 is 9.64 Å². The molecule has 3 aromatic rings. The third kappa shape index (κ3) is 5.40. The maximum Gasteiger partial charge on any atom is 0.255 e. The van der Waals surface area contributed by atoms with E-state index in [-0.39, 0.29) is 23.9 Å². The Morgan fingerprint density at radius 1 is 0.872 bits per heavy atom. The van der Waals surface area contributed by atoms with Crippen LogP contribution in [0.25, 0.3) is 0 Å². The van der Waals surface area contributed by atoms with Gasteiger partial charge in [-0.3, -0.25) is 19.3 Å². The molecule has 0 bridgehead atoms. The Bertz CT molecular complexity index is 1370. The van der Waals surface area contributed by atoms with Gasteiger partial charge in [-0.15, -0.1) is 0 Å². The largest absolute Gasteiger partial charge is 0.489 e. The van der Waals surface area contributed by atoms with E-state index in [2.05, 4.69) is 44.0 Å². The van der Waals surface area contributed by atoms with E-state index in [0.29, 0.717) is 37.3 Å². The van der Waals surface area contributed by atoms with Crippen molar-refractivity contribution >= 4 is 23.4 Å². The lowest BCUT2D eigenvalue weighted by molar-refractivity contribution is -0.133. The highest BCUT2D eigenvalue weighted by atomic mass is 16.5. The van der Waals surface area contributed by atoms with E-state index in [1.807, 2.05) is 18.2 Å². The molecular weight excluding hydrogens is 494 g/mol. The molecule has 1 saturated carbocycles. The second kappa shape index (κ2) is 10.9. The summed E-state index contributed by atoms with van der Waals surface area (Å²) >= 11 is 0. The molecule has 2 fully saturated rings. The van der Waals surface area contributed by atoms with Crippen LogP contribution in [0.3, 0.4) is 0 Å². The molecule has 2 aliphatic heterocycles. The lowest BCUT2D eigenvalue weighted by atomic mass is 9.92. The minimum absolute atomic E-state index is 0.0452. The Labute approximate surface area is 227 Å². The molecule has 0 radical (unpaired) electrons. The number of carbonyl (C=O) groups is 3. The first kappa shape index (κ1) is 25.2. The highest BCUT2D eigenvalue weighted by Gasteiger charge is 2.40.